The Bertz CT molecular complexity index is 733. The molecule has 132 valence electrons. The van der Waals surface area contributed by atoms with Crippen LogP contribution in [0.25, 0.3) is 0 Å². The van der Waals surface area contributed by atoms with Crippen molar-refractivity contribution in [3.05, 3.63) is 70.7 Å². The second-order valence-electron chi connectivity index (χ2n) is 5.57. The van der Waals surface area contributed by atoms with Gasteiger partial charge < -0.3 is 10.1 Å². The summed E-state index contributed by atoms with van der Waals surface area (Å²) < 4.78 is 5.45. The maximum atomic E-state index is 12.2. The zero-order valence-electron chi connectivity index (χ0n) is 14.0. The highest BCUT2D eigenvalue weighted by Gasteiger charge is 2.11. The van der Waals surface area contributed by atoms with E-state index in [0.717, 1.165) is 11.3 Å². The van der Waals surface area contributed by atoms with Gasteiger partial charge in [-0.05, 0) is 36.9 Å². The summed E-state index contributed by atoms with van der Waals surface area (Å²) >= 11 is 12.0. The Morgan fingerprint density at radius 1 is 1.24 bits per heavy atom. The van der Waals surface area contributed by atoms with Crippen LogP contribution in [0, 0.1) is 0 Å². The first-order valence-electron chi connectivity index (χ1n) is 7.74. The first-order chi connectivity index (χ1) is 12.0. The van der Waals surface area contributed by atoms with Crippen molar-refractivity contribution in [1.82, 2.24) is 4.90 Å². The number of benzene rings is 2. The van der Waals surface area contributed by atoms with Gasteiger partial charge in [0.05, 0.1) is 22.3 Å². The number of likely N-dealkylation sites (N-methyl/N-ethyl adjacent to an activating group) is 1. The van der Waals surface area contributed by atoms with Crippen LogP contribution >= 0.6 is 23.2 Å². The Labute approximate surface area is 158 Å². The maximum absolute atomic E-state index is 12.2. The third-order valence-electron chi connectivity index (χ3n) is 3.38. The van der Waals surface area contributed by atoms with Crippen molar-refractivity contribution in [1.29, 1.82) is 0 Å². The molecule has 0 aliphatic rings. The quantitative estimate of drug-likeness (QED) is 0.680. The van der Waals surface area contributed by atoms with Gasteiger partial charge in [0.1, 0.15) is 12.4 Å². The largest absolute Gasteiger partial charge is 0.490 e. The molecule has 1 amide bonds. The molecule has 6 heteroatoms. The SMILES string of the molecule is C=CCOc1ccc(CN(C)CC(=O)Nc2cccc(Cl)c2Cl)cc1. The maximum Gasteiger partial charge on any atom is 0.238 e. The van der Waals surface area contributed by atoms with Crippen molar-refractivity contribution in [2.24, 2.45) is 0 Å². The Balaban J connectivity index is 1.86. The molecule has 0 atom stereocenters. The summed E-state index contributed by atoms with van der Waals surface area (Å²) in [6.45, 7) is 4.96. The number of carbonyl (C=O) groups excluding carboxylic acids is 1. The molecular formula is C19H20Cl2N2O2. The van der Waals surface area contributed by atoms with E-state index in [0.29, 0.717) is 28.9 Å². The van der Waals surface area contributed by atoms with Crippen LogP contribution in [0.2, 0.25) is 10.0 Å². The number of nitrogens with one attached hydrogen (secondary N) is 1. The number of hydrogen-bond acceptors (Lipinski definition) is 3. The molecule has 0 saturated heterocycles. The minimum Gasteiger partial charge on any atom is -0.490 e. The molecule has 0 aromatic heterocycles. The van der Waals surface area contributed by atoms with Crippen molar-refractivity contribution in [2.75, 3.05) is 25.5 Å². The van der Waals surface area contributed by atoms with Gasteiger partial charge in [-0.25, -0.2) is 0 Å². The minimum absolute atomic E-state index is 0.155. The zero-order valence-corrected chi connectivity index (χ0v) is 15.5. The van der Waals surface area contributed by atoms with Gasteiger partial charge in [-0.3, -0.25) is 9.69 Å². The van der Waals surface area contributed by atoms with E-state index in [1.807, 2.05) is 36.2 Å². The van der Waals surface area contributed by atoms with Crippen LogP contribution in [-0.2, 0) is 11.3 Å². The van der Waals surface area contributed by atoms with Gasteiger partial charge in [0.15, 0.2) is 0 Å². The van der Waals surface area contributed by atoms with Gasteiger partial charge in [-0.15, -0.1) is 0 Å². The number of ether oxygens (including phenoxy) is 1. The monoisotopic (exact) mass is 378 g/mol. The summed E-state index contributed by atoms with van der Waals surface area (Å²) in [5.41, 5.74) is 1.60. The number of amides is 1. The summed E-state index contributed by atoms with van der Waals surface area (Å²) in [5.74, 6) is 0.636. The molecule has 0 fully saturated rings. The second kappa shape index (κ2) is 9.47. The van der Waals surface area contributed by atoms with E-state index in [1.165, 1.54) is 0 Å². The normalized spacial score (nSPS) is 10.6. The van der Waals surface area contributed by atoms with Crippen molar-refractivity contribution in [2.45, 2.75) is 6.54 Å². The second-order valence-corrected chi connectivity index (χ2v) is 6.35. The van der Waals surface area contributed by atoms with Crippen molar-refractivity contribution in [3.63, 3.8) is 0 Å². The van der Waals surface area contributed by atoms with Crippen LogP contribution in [0.1, 0.15) is 5.56 Å². The average Bonchev–Trinajstić information content (AvgIpc) is 2.58. The smallest absolute Gasteiger partial charge is 0.238 e. The van der Waals surface area contributed by atoms with Crippen LogP contribution in [0.15, 0.2) is 55.1 Å². The van der Waals surface area contributed by atoms with E-state index in [4.69, 9.17) is 27.9 Å². The molecule has 0 aliphatic carbocycles. The summed E-state index contributed by atoms with van der Waals surface area (Å²) in [6.07, 6.45) is 1.70. The molecule has 0 heterocycles. The molecule has 2 rings (SSSR count). The van der Waals surface area contributed by atoms with Gasteiger partial charge >= 0.3 is 0 Å². The molecule has 4 nitrogen and oxygen atoms in total. The number of rotatable bonds is 8. The topological polar surface area (TPSA) is 41.6 Å². The third kappa shape index (κ3) is 6.09. The Morgan fingerprint density at radius 2 is 1.96 bits per heavy atom. The number of hydrogen-bond donors (Lipinski definition) is 1. The molecule has 0 spiro atoms. The Hall–Kier alpha value is -2.01. The van der Waals surface area contributed by atoms with Crippen LogP contribution < -0.4 is 10.1 Å². The Morgan fingerprint density at radius 3 is 2.64 bits per heavy atom. The molecule has 25 heavy (non-hydrogen) atoms. The highest BCUT2D eigenvalue weighted by molar-refractivity contribution is 6.43. The third-order valence-corrected chi connectivity index (χ3v) is 4.20. The zero-order chi connectivity index (χ0) is 18.2. The lowest BCUT2D eigenvalue weighted by Gasteiger charge is -2.17. The summed E-state index contributed by atoms with van der Waals surface area (Å²) in [7, 11) is 1.88. The number of anilines is 1. The number of nitrogens with zero attached hydrogens (tertiary/aromatic N) is 1. The summed E-state index contributed by atoms with van der Waals surface area (Å²) in [6, 6.07) is 12.9. The lowest BCUT2D eigenvalue weighted by molar-refractivity contribution is -0.117. The van der Waals surface area contributed by atoms with Crippen LogP contribution in [0.4, 0.5) is 5.69 Å². The van der Waals surface area contributed by atoms with Gasteiger partial charge in [-0.2, -0.15) is 0 Å². The highest BCUT2D eigenvalue weighted by atomic mass is 35.5. The molecule has 2 aromatic carbocycles. The van der Waals surface area contributed by atoms with Crippen molar-refractivity contribution in [3.8, 4) is 5.75 Å². The minimum atomic E-state index is -0.155. The van der Waals surface area contributed by atoms with Gasteiger partial charge in [0.2, 0.25) is 5.91 Å². The molecule has 0 radical (unpaired) electrons. The fraction of sp³-hybridized carbons (Fsp3) is 0.211. The van der Waals surface area contributed by atoms with Crippen LogP contribution in [0.5, 0.6) is 5.75 Å². The average molecular weight is 379 g/mol. The van der Waals surface area contributed by atoms with Crippen molar-refractivity contribution < 1.29 is 9.53 Å². The fourth-order valence-corrected chi connectivity index (χ4v) is 2.60. The van der Waals surface area contributed by atoms with E-state index in [-0.39, 0.29) is 12.5 Å². The Kier molecular flexibility index (Phi) is 7.31. The van der Waals surface area contributed by atoms with Gasteiger partial charge in [-0.1, -0.05) is 54.1 Å². The molecule has 0 unspecified atom stereocenters. The van der Waals surface area contributed by atoms with Crippen molar-refractivity contribution >= 4 is 34.8 Å². The van der Waals surface area contributed by atoms with E-state index < -0.39 is 0 Å². The summed E-state index contributed by atoms with van der Waals surface area (Å²) in [4.78, 5) is 14.1. The molecular weight excluding hydrogens is 359 g/mol. The predicted octanol–water partition coefficient (Wildman–Crippen LogP) is 4.63. The molecule has 0 aliphatic heterocycles. The van der Waals surface area contributed by atoms with Crippen LogP contribution in [0.3, 0.4) is 0 Å². The first-order valence-corrected chi connectivity index (χ1v) is 8.50. The van der Waals surface area contributed by atoms with E-state index in [2.05, 4.69) is 11.9 Å². The fourth-order valence-electron chi connectivity index (χ4n) is 2.25. The lowest BCUT2D eigenvalue weighted by atomic mass is 10.2. The first kappa shape index (κ1) is 19.3. The van der Waals surface area contributed by atoms with E-state index >= 15 is 0 Å². The van der Waals surface area contributed by atoms with Gasteiger partial charge in [0.25, 0.3) is 0 Å². The number of carbonyl (C=O) groups is 1. The van der Waals surface area contributed by atoms with Gasteiger partial charge in [0, 0.05) is 6.54 Å². The summed E-state index contributed by atoms with van der Waals surface area (Å²) in [5, 5.41) is 3.53. The lowest BCUT2D eigenvalue weighted by Crippen LogP contribution is -2.29. The van der Waals surface area contributed by atoms with E-state index in [9.17, 15) is 4.79 Å². The highest BCUT2D eigenvalue weighted by Crippen LogP contribution is 2.29. The predicted molar refractivity (Wildman–Crippen MR) is 104 cm³/mol. The molecule has 2 aromatic rings. The standard InChI is InChI=1S/C19H20Cl2N2O2/c1-3-11-25-15-9-7-14(8-10-15)12-23(2)13-18(24)22-17-6-4-5-16(20)19(17)21/h3-10H,1,11-13H2,2H3,(H,22,24). The molecule has 1 N–H and O–H groups in total. The molecule has 0 saturated carbocycles. The van der Waals surface area contributed by atoms with E-state index in [1.54, 1.807) is 24.3 Å². The molecule has 0 bridgehead atoms. The van der Waals surface area contributed by atoms with Crippen LogP contribution in [-0.4, -0.2) is 31.0 Å². The number of halogens is 2.